The first-order valence-corrected chi connectivity index (χ1v) is 8.62. The number of rotatable bonds is 5. The van der Waals surface area contributed by atoms with Crippen LogP contribution < -0.4 is 5.32 Å². The van der Waals surface area contributed by atoms with Crippen LogP contribution in [0.2, 0.25) is 0 Å². The van der Waals surface area contributed by atoms with Crippen molar-refractivity contribution in [2.24, 2.45) is 0 Å². The third-order valence-electron chi connectivity index (χ3n) is 4.70. The Bertz CT molecular complexity index is 948. The number of para-hydroxylation sites is 2. The maximum atomic E-state index is 4.57. The summed E-state index contributed by atoms with van der Waals surface area (Å²) in [6, 6.07) is 21.0. The Labute approximate surface area is 147 Å². The van der Waals surface area contributed by atoms with Gasteiger partial charge in [0.25, 0.3) is 0 Å². The average molecular weight is 330 g/mol. The third-order valence-corrected chi connectivity index (χ3v) is 4.70. The van der Waals surface area contributed by atoms with Gasteiger partial charge in [-0.15, -0.1) is 0 Å². The number of hydrogen-bond acceptors (Lipinski definition) is 2. The largest absolute Gasteiger partial charge is 0.357 e. The number of nitrogens with zero attached hydrogens (tertiary/aromatic N) is 2. The van der Waals surface area contributed by atoms with E-state index in [0.29, 0.717) is 0 Å². The topological polar surface area (TPSA) is 45.6 Å². The minimum Gasteiger partial charge on any atom is -0.357 e. The molecular weight excluding hydrogens is 308 g/mol. The molecule has 2 heterocycles. The molecule has 1 atom stereocenters. The van der Waals surface area contributed by atoms with Crippen LogP contribution in [0.3, 0.4) is 0 Å². The number of fused-ring (bicyclic) bond motifs is 1. The highest BCUT2D eigenvalue weighted by molar-refractivity contribution is 5.80. The van der Waals surface area contributed by atoms with Crippen LogP contribution in [0.1, 0.15) is 29.9 Å². The second-order valence-corrected chi connectivity index (χ2v) is 6.42. The van der Waals surface area contributed by atoms with Crippen LogP contribution in [0.4, 0.5) is 0 Å². The molecule has 0 radical (unpaired) electrons. The summed E-state index contributed by atoms with van der Waals surface area (Å²) in [5.41, 5.74) is 5.86. The fraction of sp³-hybridized carbons (Fsp3) is 0.190. The molecule has 2 aromatic heterocycles. The van der Waals surface area contributed by atoms with E-state index in [0.717, 1.165) is 12.2 Å². The van der Waals surface area contributed by atoms with Crippen molar-refractivity contribution in [1.82, 2.24) is 20.1 Å². The second-order valence-electron chi connectivity index (χ2n) is 6.42. The Morgan fingerprint density at radius 2 is 1.84 bits per heavy atom. The lowest BCUT2D eigenvalue weighted by molar-refractivity contribution is 0.566. The highest BCUT2D eigenvalue weighted by Crippen LogP contribution is 2.21. The van der Waals surface area contributed by atoms with Gasteiger partial charge in [0.15, 0.2) is 0 Å². The predicted octanol–water partition coefficient (Wildman–Crippen LogP) is 4.51. The first kappa shape index (κ1) is 15.7. The van der Waals surface area contributed by atoms with E-state index in [1.165, 1.54) is 27.9 Å². The van der Waals surface area contributed by atoms with E-state index in [9.17, 15) is 0 Å². The highest BCUT2D eigenvalue weighted by atomic mass is 15.3. The molecule has 4 nitrogen and oxygen atoms in total. The Morgan fingerprint density at radius 3 is 2.64 bits per heavy atom. The summed E-state index contributed by atoms with van der Waals surface area (Å²) >= 11 is 0. The van der Waals surface area contributed by atoms with Crippen molar-refractivity contribution < 1.29 is 0 Å². The van der Waals surface area contributed by atoms with E-state index in [4.69, 9.17) is 0 Å². The molecule has 0 bridgehead atoms. The number of H-pyrrole nitrogens is 1. The molecule has 0 aliphatic rings. The van der Waals surface area contributed by atoms with Crippen molar-refractivity contribution in [2.45, 2.75) is 26.4 Å². The zero-order valence-electron chi connectivity index (χ0n) is 14.5. The van der Waals surface area contributed by atoms with Gasteiger partial charge in [0.1, 0.15) is 0 Å². The first-order chi connectivity index (χ1) is 12.2. The normalized spacial score (nSPS) is 12.6. The summed E-state index contributed by atoms with van der Waals surface area (Å²) in [7, 11) is 0. The maximum absolute atomic E-state index is 4.57. The Hall–Kier alpha value is -2.85. The summed E-state index contributed by atoms with van der Waals surface area (Å²) in [6.07, 6.45) is 1.96. The molecule has 2 N–H and O–H groups in total. The molecule has 0 aliphatic heterocycles. The van der Waals surface area contributed by atoms with Crippen molar-refractivity contribution in [2.75, 3.05) is 0 Å². The summed E-state index contributed by atoms with van der Waals surface area (Å²) in [5.74, 6) is 0. The molecule has 0 saturated heterocycles. The number of aromatic nitrogens is 3. The van der Waals surface area contributed by atoms with Crippen molar-refractivity contribution in [3.8, 4) is 5.69 Å². The van der Waals surface area contributed by atoms with E-state index in [-0.39, 0.29) is 6.04 Å². The van der Waals surface area contributed by atoms with Crippen LogP contribution >= 0.6 is 0 Å². The number of aromatic amines is 1. The predicted molar refractivity (Wildman–Crippen MR) is 102 cm³/mol. The average Bonchev–Trinajstić information content (AvgIpc) is 3.23. The molecule has 25 heavy (non-hydrogen) atoms. The summed E-state index contributed by atoms with van der Waals surface area (Å²) in [5, 5.41) is 9.41. The molecule has 2 aromatic carbocycles. The van der Waals surface area contributed by atoms with Gasteiger partial charge in [-0.1, -0.05) is 36.4 Å². The molecule has 0 fully saturated rings. The van der Waals surface area contributed by atoms with Crippen LogP contribution in [0, 0.1) is 6.92 Å². The Morgan fingerprint density at radius 1 is 1.08 bits per heavy atom. The van der Waals surface area contributed by atoms with Gasteiger partial charge in [-0.05, 0) is 43.5 Å². The van der Waals surface area contributed by atoms with Gasteiger partial charge in [0, 0.05) is 35.1 Å². The molecule has 126 valence electrons. The van der Waals surface area contributed by atoms with Crippen LogP contribution in [0.5, 0.6) is 0 Å². The lowest BCUT2D eigenvalue weighted by Gasteiger charge is -2.13. The fourth-order valence-corrected chi connectivity index (χ4v) is 3.28. The first-order valence-electron chi connectivity index (χ1n) is 8.62. The smallest absolute Gasteiger partial charge is 0.0648 e. The number of nitrogens with one attached hydrogen (secondary N) is 2. The van der Waals surface area contributed by atoms with E-state index >= 15 is 0 Å². The Balaban J connectivity index is 1.49. The summed E-state index contributed by atoms with van der Waals surface area (Å²) in [4.78, 5) is 3.46. The van der Waals surface area contributed by atoms with Crippen molar-refractivity contribution in [1.29, 1.82) is 0 Å². The minimum atomic E-state index is 0.226. The van der Waals surface area contributed by atoms with Crippen molar-refractivity contribution in [3.05, 3.63) is 83.8 Å². The van der Waals surface area contributed by atoms with Gasteiger partial charge in [-0.3, -0.25) is 0 Å². The van der Waals surface area contributed by atoms with Crippen LogP contribution in [-0.2, 0) is 6.54 Å². The van der Waals surface area contributed by atoms with Crippen LogP contribution in [0.25, 0.3) is 16.6 Å². The molecule has 4 rings (SSSR count). The highest BCUT2D eigenvalue weighted by Gasteiger charge is 2.14. The van der Waals surface area contributed by atoms with Gasteiger partial charge in [0.05, 0.1) is 11.9 Å². The van der Waals surface area contributed by atoms with E-state index in [1.54, 1.807) is 0 Å². The van der Waals surface area contributed by atoms with Crippen LogP contribution in [0.15, 0.2) is 66.9 Å². The summed E-state index contributed by atoms with van der Waals surface area (Å²) < 4.78 is 2.00. The fourth-order valence-electron chi connectivity index (χ4n) is 3.28. The van der Waals surface area contributed by atoms with Gasteiger partial charge in [-0.25, -0.2) is 4.68 Å². The molecule has 0 spiro atoms. The standard InChI is InChI=1S/C21H22N4/c1-15(22-13-18-12-17-8-6-7-11-21(17)24-18)20-14-23-25(16(20)2)19-9-4-3-5-10-19/h3-12,14-15,22,24H,13H2,1-2H3. The monoisotopic (exact) mass is 330 g/mol. The lowest BCUT2D eigenvalue weighted by atomic mass is 10.1. The van der Waals surface area contributed by atoms with Crippen molar-refractivity contribution >= 4 is 10.9 Å². The molecule has 4 aromatic rings. The number of hydrogen-bond donors (Lipinski definition) is 2. The molecular formula is C21H22N4. The van der Waals surface area contributed by atoms with E-state index in [2.05, 4.69) is 71.7 Å². The SMILES string of the molecule is Cc1c(C(C)NCc2cc3ccccc3[nH]2)cnn1-c1ccccc1. The van der Waals surface area contributed by atoms with Gasteiger partial charge in [0.2, 0.25) is 0 Å². The zero-order valence-corrected chi connectivity index (χ0v) is 14.5. The minimum absolute atomic E-state index is 0.226. The quantitative estimate of drug-likeness (QED) is 0.565. The molecule has 1 unspecified atom stereocenters. The number of benzene rings is 2. The van der Waals surface area contributed by atoms with Gasteiger partial charge >= 0.3 is 0 Å². The van der Waals surface area contributed by atoms with E-state index < -0.39 is 0 Å². The molecule has 4 heteroatoms. The van der Waals surface area contributed by atoms with Gasteiger partial charge < -0.3 is 10.3 Å². The molecule has 0 amide bonds. The van der Waals surface area contributed by atoms with Crippen LogP contribution in [-0.4, -0.2) is 14.8 Å². The lowest BCUT2D eigenvalue weighted by Crippen LogP contribution is -2.18. The van der Waals surface area contributed by atoms with Gasteiger partial charge in [-0.2, -0.15) is 5.10 Å². The second kappa shape index (κ2) is 6.57. The third kappa shape index (κ3) is 3.08. The zero-order chi connectivity index (χ0) is 17.2. The van der Waals surface area contributed by atoms with E-state index in [1.807, 2.05) is 29.1 Å². The van der Waals surface area contributed by atoms with Crippen molar-refractivity contribution in [3.63, 3.8) is 0 Å². The Kier molecular flexibility index (Phi) is 4.12. The molecule has 0 saturated carbocycles. The maximum Gasteiger partial charge on any atom is 0.0648 e. The summed E-state index contributed by atoms with van der Waals surface area (Å²) in [6.45, 7) is 5.10. The molecule has 0 aliphatic carbocycles.